The van der Waals surface area contributed by atoms with Crippen LogP contribution in [0, 0.1) is 6.92 Å². The Bertz CT molecular complexity index is 456. The highest BCUT2D eigenvalue weighted by atomic mass is 79.9. The Kier molecular flexibility index (Phi) is 3.67. The average molecular weight is 368 g/mol. The van der Waals surface area contributed by atoms with Crippen LogP contribution in [0.5, 0.6) is 0 Å². The summed E-state index contributed by atoms with van der Waals surface area (Å²) in [6, 6.07) is 1.95. The van der Waals surface area contributed by atoms with Gasteiger partial charge in [-0.3, -0.25) is 0 Å². The molecule has 0 radical (unpaired) electrons. The normalized spacial score (nSPS) is 13.1. The van der Waals surface area contributed by atoms with E-state index in [-0.39, 0.29) is 0 Å². The Morgan fingerprint density at radius 1 is 1.33 bits per heavy atom. The molecule has 0 saturated carbocycles. The molecule has 80 valence electrons. The van der Waals surface area contributed by atoms with Crippen molar-refractivity contribution in [3.63, 3.8) is 0 Å². The fourth-order valence-corrected chi connectivity index (χ4v) is 4.27. The second-order valence-corrected chi connectivity index (χ2v) is 7.18. The molecule has 2 aromatic rings. The molecule has 0 aliphatic rings. The van der Waals surface area contributed by atoms with Gasteiger partial charge in [0.2, 0.25) is 0 Å². The predicted octanol–water partition coefficient (Wildman–Crippen LogP) is 4.72. The topological polar surface area (TPSA) is 20.2 Å². The average Bonchev–Trinajstić information content (AvgIpc) is 2.74. The van der Waals surface area contributed by atoms with E-state index in [9.17, 15) is 5.11 Å². The number of hydrogen-bond donors (Lipinski definition) is 1. The number of aryl methyl sites for hydroxylation is 1. The van der Waals surface area contributed by atoms with Crippen LogP contribution in [0.1, 0.15) is 22.1 Å². The van der Waals surface area contributed by atoms with E-state index in [1.807, 2.05) is 18.4 Å². The Morgan fingerprint density at radius 2 is 2.07 bits per heavy atom. The van der Waals surface area contributed by atoms with Crippen LogP contribution in [0.2, 0.25) is 0 Å². The summed E-state index contributed by atoms with van der Waals surface area (Å²) in [6.45, 7) is 2.02. The maximum absolute atomic E-state index is 10.2. The first-order valence-corrected chi connectivity index (χ1v) is 7.59. The number of thiophene rings is 2. The van der Waals surface area contributed by atoms with Crippen molar-refractivity contribution >= 4 is 54.5 Å². The van der Waals surface area contributed by atoms with E-state index in [1.165, 1.54) is 0 Å². The van der Waals surface area contributed by atoms with Gasteiger partial charge in [0, 0.05) is 9.35 Å². The van der Waals surface area contributed by atoms with Gasteiger partial charge in [0.1, 0.15) is 6.10 Å². The third kappa shape index (κ3) is 2.36. The van der Waals surface area contributed by atoms with Gasteiger partial charge >= 0.3 is 0 Å². The number of rotatable bonds is 2. The van der Waals surface area contributed by atoms with Crippen molar-refractivity contribution in [3.8, 4) is 0 Å². The zero-order valence-corrected chi connectivity index (χ0v) is 12.6. The van der Waals surface area contributed by atoms with Crippen LogP contribution < -0.4 is 0 Å². The fourth-order valence-electron chi connectivity index (χ4n) is 1.30. The van der Waals surface area contributed by atoms with Crippen molar-refractivity contribution < 1.29 is 5.11 Å². The molecular formula is C10H8Br2OS2. The predicted molar refractivity (Wildman–Crippen MR) is 72.8 cm³/mol. The Balaban J connectivity index is 2.36. The van der Waals surface area contributed by atoms with Gasteiger partial charge in [0.25, 0.3) is 0 Å². The fraction of sp³-hybridized carbons (Fsp3) is 0.200. The van der Waals surface area contributed by atoms with Gasteiger partial charge < -0.3 is 5.11 Å². The second-order valence-electron chi connectivity index (χ2n) is 3.18. The first-order chi connectivity index (χ1) is 7.09. The summed E-state index contributed by atoms with van der Waals surface area (Å²) in [4.78, 5) is 0.954. The first kappa shape index (κ1) is 11.8. The van der Waals surface area contributed by atoms with Crippen LogP contribution in [-0.4, -0.2) is 5.11 Å². The van der Waals surface area contributed by atoms with Crippen molar-refractivity contribution in [2.75, 3.05) is 0 Å². The zero-order valence-electron chi connectivity index (χ0n) is 7.83. The summed E-state index contributed by atoms with van der Waals surface area (Å²) in [5.74, 6) is 0. The van der Waals surface area contributed by atoms with Crippen molar-refractivity contribution in [3.05, 3.63) is 41.1 Å². The minimum atomic E-state index is -0.510. The maximum atomic E-state index is 10.2. The molecular weight excluding hydrogens is 360 g/mol. The van der Waals surface area contributed by atoms with Crippen LogP contribution in [0.25, 0.3) is 0 Å². The molecule has 0 aliphatic heterocycles. The van der Waals surface area contributed by atoms with E-state index < -0.39 is 6.10 Å². The van der Waals surface area contributed by atoms with Crippen LogP contribution in [-0.2, 0) is 0 Å². The molecule has 0 saturated heterocycles. The molecule has 15 heavy (non-hydrogen) atoms. The number of hydrogen-bond acceptors (Lipinski definition) is 3. The van der Waals surface area contributed by atoms with Gasteiger partial charge in [-0.1, -0.05) is 0 Å². The number of aliphatic hydroxyl groups excluding tert-OH is 1. The molecule has 0 bridgehead atoms. The van der Waals surface area contributed by atoms with Gasteiger partial charge in [-0.05, 0) is 66.7 Å². The summed E-state index contributed by atoms with van der Waals surface area (Å²) >= 11 is 10.0. The molecule has 0 spiro atoms. The first-order valence-electron chi connectivity index (χ1n) is 4.25. The molecule has 0 amide bonds. The van der Waals surface area contributed by atoms with Crippen molar-refractivity contribution in [1.82, 2.24) is 0 Å². The molecule has 2 rings (SSSR count). The maximum Gasteiger partial charge on any atom is 0.114 e. The number of halogens is 2. The molecule has 5 heteroatoms. The Hall–Kier alpha value is 0.320. The summed E-state index contributed by atoms with van der Waals surface area (Å²) in [5, 5.41) is 14.2. The van der Waals surface area contributed by atoms with E-state index >= 15 is 0 Å². The highest BCUT2D eigenvalue weighted by Crippen LogP contribution is 2.38. The Morgan fingerprint density at radius 3 is 2.53 bits per heavy atom. The highest BCUT2D eigenvalue weighted by molar-refractivity contribution is 9.13. The monoisotopic (exact) mass is 366 g/mol. The Labute approximate surface area is 113 Å². The largest absolute Gasteiger partial charge is 0.383 e. The van der Waals surface area contributed by atoms with E-state index in [1.54, 1.807) is 22.7 Å². The molecule has 1 N–H and O–H groups in total. The minimum absolute atomic E-state index is 0.510. The lowest BCUT2D eigenvalue weighted by Gasteiger charge is -2.07. The standard InChI is InChI=1S/C10H8Br2OS2/c1-5-3-14-4-6(5)9(13)8-2-7(11)10(12)15-8/h2-4,9,13H,1H3. The summed E-state index contributed by atoms with van der Waals surface area (Å²) < 4.78 is 2.01. The van der Waals surface area contributed by atoms with Gasteiger partial charge in [-0.15, -0.1) is 11.3 Å². The summed E-state index contributed by atoms with van der Waals surface area (Å²) in [6.07, 6.45) is -0.510. The number of aliphatic hydroxyl groups is 1. The SMILES string of the molecule is Cc1cscc1C(O)c1cc(Br)c(Br)s1. The lowest BCUT2D eigenvalue weighted by atomic mass is 10.1. The molecule has 0 aromatic carbocycles. The molecule has 1 unspecified atom stereocenters. The molecule has 1 atom stereocenters. The quantitative estimate of drug-likeness (QED) is 0.813. The summed E-state index contributed by atoms with van der Waals surface area (Å²) in [7, 11) is 0. The zero-order chi connectivity index (χ0) is 11.0. The van der Waals surface area contributed by atoms with Crippen molar-refractivity contribution in [2.24, 2.45) is 0 Å². The minimum Gasteiger partial charge on any atom is -0.383 e. The van der Waals surface area contributed by atoms with Gasteiger partial charge in [0.05, 0.1) is 3.79 Å². The van der Waals surface area contributed by atoms with Crippen LogP contribution in [0.15, 0.2) is 25.1 Å². The third-order valence-corrected chi connectivity index (χ3v) is 6.31. The van der Waals surface area contributed by atoms with Gasteiger partial charge in [-0.25, -0.2) is 0 Å². The lowest BCUT2D eigenvalue weighted by Crippen LogP contribution is -1.96. The van der Waals surface area contributed by atoms with Crippen molar-refractivity contribution in [1.29, 1.82) is 0 Å². The third-order valence-electron chi connectivity index (χ3n) is 2.12. The van der Waals surface area contributed by atoms with Crippen LogP contribution >= 0.6 is 54.5 Å². The van der Waals surface area contributed by atoms with Crippen LogP contribution in [0.3, 0.4) is 0 Å². The van der Waals surface area contributed by atoms with Gasteiger partial charge in [0.15, 0.2) is 0 Å². The van der Waals surface area contributed by atoms with Gasteiger partial charge in [-0.2, -0.15) is 11.3 Å². The van der Waals surface area contributed by atoms with E-state index in [0.717, 1.165) is 24.3 Å². The lowest BCUT2D eigenvalue weighted by molar-refractivity contribution is 0.224. The second kappa shape index (κ2) is 4.67. The van der Waals surface area contributed by atoms with E-state index in [4.69, 9.17) is 0 Å². The smallest absolute Gasteiger partial charge is 0.114 e. The molecule has 1 nitrogen and oxygen atoms in total. The molecule has 2 aromatic heterocycles. The van der Waals surface area contributed by atoms with Crippen molar-refractivity contribution in [2.45, 2.75) is 13.0 Å². The summed E-state index contributed by atoms with van der Waals surface area (Å²) in [5.41, 5.74) is 2.15. The van der Waals surface area contributed by atoms with Crippen LogP contribution in [0.4, 0.5) is 0 Å². The van der Waals surface area contributed by atoms with E-state index in [0.29, 0.717) is 0 Å². The molecule has 0 aliphatic carbocycles. The molecule has 0 fully saturated rings. The van der Waals surface area contributed by atoms with E-state index in [2.05, 4.69) is 37.2 Å². The highest BCUT2D eigenvalue weighted by Gasteiger charge is 2.17. The molecule has 2 heterocycles.